The predicted octanol–water partition coefficient (Wildman–Crippen LogP) is 1.53. The summed E-state index contributed by atoms with van der Waals surface area (Å²) in [5.41, 5.74) is 0.378. The van der Waals surface area contributed by atoms with E-state index < -0.39 is 23.7 Å². The van der Waals surface area contributed by atoms with Gasteiger partial charge in [0, 0.05) is 4.92 Å². The Morgan fingerprint density at radius 3 is 2.56 bits per heavy atom. The Kier molecular flexibility index (Phi) is 5.06. The molecule has 0 heterocycles. The number of nitro groups is 1. The molecule has 0 saturated carbocycles. The molecule has 0 aliphatic carbocycles. The highest BCUT2D eigenvalue weighted by Gasteiger charge is 2.14. The number of nitrogens with zero attached hydrogens (tertiary/aromatic N) is 1. The van der Waals surface area contributed by atoms with Crippen molar-refractivity contribution in [3.05, 3.63) is 39.9 Å². The molecule has 98 valence electrons. The molecular formula is C11H13NO6. The van der Waals surface area contributed by atoms with Gasteiger partial charge in [-0.1, -0.05) is 12.1 Å². The number of hydrogen-bond acceptors (Lipinski definition) is 6. The van der Waals surface area contributed by atoms with Crippen molar-refractivity contribution in [2.75, 3.05) is 13.2 Å². The molecule has 1 unspecified atom stereocenters. The summed E-state index contributed by atoms with van der Waals surface area (Å²) >= 11 is 0. The highest BCUT2D eigenvalue weighted by atomic mass is 16.7. The minimum Gasteiger partial charge on any atom is -0.434 e. The fourth-order valence-corrected chi connectivity index (χ4v) is 1.25. The van der Waals surface area contributed by atoms with Crippen LogP contribution in [0.2, 0.25) is 0 Å². The number of rotatable bonds is 5. The maximum atomic E-state index is 11.0. The number of carbonyl (C=O) groups excluding carboxylic acids is 1. The summed E-state index contributed by atoms with van der Waals surface area (Å²) in [6.45, 7) is 1.29. The molecule has 0 aromatic heterocycles. The van der Waals surface area contributed by atoms with E-state index in [1.54, 1.807) is 6.92 Å². The van der Waals surface area contributed by atoms with Gasteiger partial charge in [0.1, 0.15) is 11.9 Å². The van der Waals surface area contributed by atoms with Crippen molar-refractivity contribution in [1.29, 1.82) is 0 Å². The minimum absolute atomic E-state index is 0.207. The number of ether oxygens (including phenoxy) is 2. The van der Waals surface area contributed by atoms with Gasteiger partial charge in [-0.05, 0) is 24.6 Å². The lowest BCUT2D eigenvalue weighted by molar-refractivity contribution is -0.491. The molecule has 0 fully saturated rings. The van der Waals surface area contributed by atoms with Crippen molar-refractivity contribution >= 4 is 6.16 Å². The third-order valence-corrected chi connectivity index (χ3v) is 2.05. The lowest BCUT2D eigenvalue weighted by Gasteiger charge is -2.07. The molecule has 7 heteroatoms. The molecule has 1 aromatic carbocycles. The van der Waals surface area contributed by atoms with E-state index in [-0.39, 0.29) is 12.4 Å². The monoisotopic (exact) mass is 255 g/mol. The Bertz CT molecular complexity index is 416. The Labute approximate surface area is 103 Å². The molecule has 0 spiro atoms. The largest absolute Gasteiger partial charge is 0.513 e. The van der Waals surface area contributed by atoms with Gasteiger partial charge in [0.05, 0.1) is 6.61 Å². The standard InChI is InChI=1S/C11H13NO6/c1-2-17-11(14)18-9-5-3-8(4-6-9)10(13)7-12(15)16/h3-6,10,13H,2,7H2,1H3. The van der Waals surface area contributed by atoms with Gasteiger partial charge in [0.25, 0.3) is 0 Å². The van der Waals surface area contributed by atoms with Crippen LogP contribution in [0.5, 0.6) is 5.75 Å². The van der Waals surface area contributed by atoms with Gasteiger partial charge in [-0.15, -0.1) is 0 Å². The number of carbonyl (C=O) groups is 1. The van der Waals surface area contributed by atoms with Crippen LogP contribution < -0.4 is 4.74 Å². The van der Waals surface area contributed by atoms with Crippen LogP contribution in [0.4, 0.5) is 4.79 Å². The molecule has 0 aliphatic rings. The number of hydrogen-bond donors (Lipinski definition) is 1. The van der Waals surface area contributed by atoms with E-state index in [2.05, 4.69) is 4.74 Å². The van der Waals surface area contributed by atoms with Gasteiger partial charge in [-0.3, -0.25) is 10.1 Å². The smallest absolute Gasteiger partial charge is 0.434 e. The average molecular weight is 255 g/mol. The fourth-order valence-electron chi connectivity index (χ4n) is 1.25. The van der Waals surface area contributed by atoms with E-state index in [9.17, 15) is 20.0 Å². The van der Waals surface area contributed by atoms with Crippen molar-refractivity contribution in [2.24, 2.45) is 0 Å². The SMILES string of the molecule is CCOC(=O)Oc1ccc(C(O)C[N+](=O)[O-])cc1. The summed E-state index contributed by atoms with van der Waals surface area (Å²) in [5.74, 6) is 0.241. The molecule has 0 saturated heterocycles. The first-order valence-corrected chi connectivity index (χ1v) is 5.27. The Morgan fingerprint density at radius 1 is 1.44 bits per heavy atom. The maximum absolute atomic E-state index is 11.0. The van der Waals surface area contributed by atoms with Gasteiger partial charge in [-0.25, -0.2) is 4.79 Å². The van der Waals surface area contributed by atoms with Crippen molar-refractivity contribution in [3.63, 3.8) is 0 Å². The van der Waals surface area contributed by atoms with Crippen molar-refractivity contribution in [1.82, 2.24) is 0 Å². The summed E-state index contributed by atoms with van der Waals surface area (Å²) < 4.78 is 9.37. The van der Waals surface area contributed by atoms with E-state index in [0.717, 1.165) is 0 Å². The topological polar surface area (TPSA) is 98.9 Å². The zero-order valence-electron chi connectivity index (χ0n) is 9.74. The molecular weight excluding hydrogens is 242 g/mol. The summed E-state index contributed by atoms with van der Waals surface area (Å²) in [5, 5.41) is 19.7. The molecule has 0 bridgehead atoms. The lowest BCUT2D eigenvalue weighted by Crippen LogP contribution is -2.12. The van der Waals surface area contributed by atoms with Crippen LogP contribution in [0.3, 0.4) is 0 Å². The van der Waals surface area contributed by atoms with Crippen LogP contribution in [-0.2, 0) is 4.74 Å². The van der Waals surface area contributed by atoms with Crippen LogP contribution in [0, 0.1) is 10.1 Å². The molecule has 1 aromatic rings. The van der Waals surface area contributed by atoms with Gasteiger partial charge >= 0.3 is 6.16 Å². The molecule has 0 aliphatic heterocycles. The summed E-state index contributed by atoms with van der Waals surface area (Å²) in [4.78, 5) is 20.6. The van der Waals surface area contributed by atoms with Crippen molar-refractivity contribution < 1.29 is 24.3 Å². The third-order valence-electron chi connectivity index (χ3n) is 2.05. The van der Waals surface area contributed by atoms with Crippen LogP contribution in [-0.4, -0.2) is 29.3 Å². The van der Waals surface area contributed by atoms with Gasteiger partial charge in [-0.2, -0.15) is 0 Å². The van der Waals surface area contributed by atoms with E-state index in [1.807, 2.05) is 0 Å². The van der Waals surface area contributed by atoms with E-state index in [1.165, 1.54) is 24.3 Å². The van der Waals surface area contributed by atoms with Gasteiger partial charge in [0.2, 0.25) is 6.54 Å². The number of aliphatic hydroxyl groups excluding tert-OH is 1. The van der Waals surface area contributed by atoms with E-state index in [0.29, 0.717) is 5.56 Å². The summed E-state index contributed by atoms with van der Waals surface area (Å²) in [7, 11) is 0. The average Bonchev–Trinajstić information content (AvgIpc) is 2.29. The molecule has 0 amide bonds. The van der Waals surface area contributed by atoms with E-state index in [4.69, 9.17) is 4.74 Å². The van der Waals surface area contributed by atoms with Crippen LogP contribution in [0.1, 0.15) is 18.6 Å². The number of benzene rings is 1. The first-order chi connectivity index (χ1) is 8.52. The third kappa shape index (κ3) is 4.38. The maximum Gasteiger partial charge on any atom is 0.513 e. The van der Waals surface area contributed by atoms with Gasteiger partial charge in [0.15, 0.2) is 0 Å². The van der Waals surface area contributed by atoms with Crippen molar-refractivity contribution in [2.45, 2.75) is 13.0 Å². The molecule has 1 N–H and O–H groups in total. The zero-order valence-corrected chi connectivity index (χ0v) is 9.74. The minimum atomic E-state index is -1.18. The molecule has 7 nitrogen and oxygen atoms in total. The summed E-state index contributed by atoms with van der Waals surface area (Å²) in [6.07, 6.45) is -2.01. The Morgan fingerprint density at radius 2 is 2.06 bits per heavy atom. The zero-order chi connectivity index (χ0) is 13.5. The van der Waals surface area contributed by atoms with Crippen LogP contribution in [0.15, 0.2) is 24.3 Å². The summed E-state index contributed by atoms with van der Waals surface area (Å²) in [6, 6.07) is 5.75. The highest BCUT2D eigenvalue weighted by molar-refractivity contribution is 5.63. The van der Waals surface area contributed by atoms with Crippen LogP contribution >= 0.6 is 0 Å². The predicted molar refractivity (Wildman–Crippen MR) is 60.9 cm³/mol. The molecule has 1 atom stereocenters. The Hall–Kier alpha value is -2.15. The first kappa shape index (κ1) is 13.9. The second-order valence-corrected chi connectivity index (χ2v) is 3.39. The van der Waals surface area contributed by atoms with Crippen LogP contribution in [0.25, 0.3) is 0 Å². The highest BCUT2D eigenvalue weighted by Crippen LogP contribution is 2.18. The molecule has 0 radical (unpaired) electrons. The second-order valence-electron chi connectivity index (χ2n) is 3.39. The lowest BCUT2D eigenvalue weighted by atomic mass is 10.1. The second kappa shape index (κ2) is 6.55. The van der Waals surface area contributed by atoms with Gasteiger partial charge < -0.3 is 14.6 Å². The normalized spacial score (nSPS) is 11.7. The fraction of sp³-hybridized carbons (Fsp3) is 0.364. The number of aliphatic hydroxyl groups is 1. The van der Waals surface area contributed by atoms with Crippen molar-refractivity contribution in [3.8, 4) is 5.75 Å². The Balaban J connectivity index is 2.62. The first-order valence-electron chi connectivity index (χ1n) is 5.27. The molecule has 1 rings (SSSR count). The molecule has 18 heavy (non-hydrogen) atoms. The quantitative estimate of drug-likeness (QED) is 0.370. The van der Waals surface area contributed by atoms with E-state index >= 15 is 0 Å².